The van der Waals surface area contributed by atoms with E-state index in [-0.39, 0.29) is 10.8 Å². The molecule has 7 heteroatoms. The van der Waals surface area contributed by atoms with Crippen molar-refractivity contribution in [3.63, 3.8) is 0 Å². The monoisotopic (exact) mass is 280 g/mol. The van der Waals surface area contributed by atoms with E-state index >= 15 is 0 Å². The molecule has 18 heavy (non-hydrogen) atoms. The fourth-order valence-electron chi connectivity index (χ4n) is 1.33. The molecule has 0 aromatic heterocycles. The van der Waals surface area contributed by atoms with Gasteiger partial charge in [0.2, 0.25) is 5.12 Å². The van der Waals surface area contributed by atoms with Crippen LogP contribution in [-0.2, 0) is 4.79 Å². The zero-order valence-corrected chi connectivity index (χ0v) is 11.0. The molecule has 0 unspecified atom stereocenters. The second kappa shape index (κ2) is 5.36. The Bertz CT molecular complexity index is 564. The third kappa shape index (κ3) is 2.80. The molecule has 1 aromatic rings. The largest absolute Gasteiger partial charge is 0.279 e. The molecule has 0 saturated heterocycles. The van der Waals surface area contributed by atoms with Crippen LogP contribution in [-0.4, -0.2) is 20.7 Å². The maximum Gasteiger partial charge on any atom is 0.269 e. The summed E-state index contributed by atoms with van der Waals surface area (Å²) in [5.74, 6) is 0. The van der Waals surface area contributed by atoms with Crippen LogP contribution in [0.2, 0.25) is 0 Å². The van der Waals surface area contributed by atoms with Crippen LogP contribution >= 0.6 is 23.5 Å². The van der Waals surface area contributed by atoms with E-state index in [9.17, 15) is 14.9 Å². The molecule has 1 heterocycles. The second-order valence-electron chi connectivity index (χ2n) is 3.35. The summed E-state index contributed by atoms with van der Waals surface area (Å²) in [5.41, 5.74) is 1.12. The fraction of sp³-hybridized carbons (Fsp3) is 0.0909. The zero-order chi connectivity index (χ0) is 13.1. The first-order valence-corrected chi connectivity index (χ1v) is 6.95. The highest BCUT2D eigenvalue weighted by molar-refractivity contribution is 8.45. The third-order valence-corrected chi connectivity index (χ3v) is 4.03. The molecule has 1 aliphatic heterocycles. The van der Waals surface area contributed by atoms with E-state index in [1.54, 1.807) is 18.2 Å². The number of aliphatic imine (C=N–C) groups is 1. The van der Waals surface area contributed by atoms with E-state index in [4.69, 9.17) is 0 Å². The normalized spacial score (nSPS) is 17.1. The van der Waals surface area contributed by atoms with E-state index in [1.165, 1.54) is 23.9 Å². The lowest BCUT2D eigenvalue weighted by Crippen LogP contribution is -1.89. The Hall–Kier alpha value is -1.60. The summed E-state index contributed by atoms with van der Waals surface area (Å²) in [7, 11) is 0. The first-order chi connectivity index (χ1) is 8.60. The van der Waals surface area contributed by atoms with Crippen LogP contribution in [0.15, 0.2) is 35.0 Å². The van der Waals surface area contributed by atoms with Crippen molar-refractivity contribution in [2.75, 3.05) is 6.26 Å². The predicted molar refractivity (Wildman–Crippen MR) is 74.6 cm³/mol. The molecule has 2 rings (SSSR count). The SMILES string of the molecule is CSC1=N/C(=C/c2ccc([N+](=O)[O-])cc2)C(=O)S1. The number of hydrogen-bond donors (Lipinski definition) is 0. The molecule has 0 amide bonds. The molecule has 0 aliphatic carbocycles. The zero-order valence-electron chi connectivity index (χ0n) is 9.32. The number of nitrogens with zero attached hydrogens (tertiary/aromatic N) is 2. The van der Waals surface area contributed by atoms with E-state index < -0.39 is 4.92 Å². The van der Waals surface area contributed by atoms with Gasteiger partial charge in [-0.15, -0.1) is 11.8 Å². The fourth-order valence-corrected chi connectivity index (χ4v) is 2.59. The van der Waals surface area contributed by atoms with Crippen LogP contribution < -0.4 is 0 Å². The van der Waals surface area contributed by atoms with Gasteiger partial charge in [0.1, 0.15) is 10.1 Å². The molecule has 5 nitrogen and oxygen atoms in total. The van der Waals surface area contributed by atoms with Crippen LogP contribution in [0.5, 0.6) is 0 Å². The molecule has 1 aliphatic rings. The van der Waals surface area contributed by atoms with Crippen molar-refractivity contribution in [2.24, 2.45) is 4.99 Å². The van der Waals surface area contributed by atoms with Crippen molar-refractivity contribution >= 4 is 44.8 Å². The first-order valence-electron chi connectivity index (χ1n) is 4.91. The molecule has 0 spiro atoms. The van der Waals surface area contributed by atoms with Crippen LogP contribution in [0.1, 0.15) is 5.56 Å². The number of thioether (sulfide) groups is 2. The van der Waals surface area contributed by atoms with Crippen molar-refractivity contribution in [1.82, 2.24) is 0 Å². The minimum Gasteiger partial charge on any atom is -0.279 e. The highest BCUT2D eigenvalue weighted by Gasteiger charge is 2.21. The number of nitro benzene ring substituents is 1. The first kappa shape index (κ1) is 12.8. The number of rotatable bonds is 2. The summed E-state index contributed by atoms with van der Waals surface area (Å²) >= 11 is 2.52. The van der Waals surface area contributed by atoms with Crippen molar-refractivity contribution in [2.45, 2.75) is 0 Å². The summed E-state index contributed by atoms with van der Waals surface area (Å²) in [6.45, 7) is 0. The highest BCUT2D eigenvalue weighted by Crippen LogP contribution is 2.29. The minimum atomic E-state index is -0.461. The van der Waals surface area contributed by atoms with Crippen molar-refractivity contribution in [1.29, 1.82) is 0 Å². The van der Waals surface area contributed by atoms with Gasteiger partial charge in [-0.1, -0.05) is 0 Å². The molecule has 0 radical (unpaired) electrons. The molecule has 0 saturated carbocycles. The van der Waals surface area contributed by atoms with Crippen molar-refractivity contribution < 1.29 is 9.72 Å². The molecule has 0 fully saturated rings. The Kier molecular flexibility index (Phi) is 3.83. The van der Waals surface area contributed by atoms with Crippen LogP contribution in [0.4, 0.5) is 5.69 Å². The topological polar surface area (TPSA) is 72.6 Å². The standard InChI is InChI=1S/C11H8N2O3S2/c1-17-11-12-9(10(14)18-11)6-7-2-4-8(5-3-7)13(15)16/h2-6H,1H3/b9-6+. The molecule has 92 valence electrons. The summed E-state index contributed by atoms with van der Waals surface area (Å²) < 4.78 is 0.716. The number of benzene rings is 1. The number of hydrogen-bond acceptors (Lipinski definition) is 6. The average Bonchev–Trinajstić information content (AvgIpc) is 2.71. The smallest absolute Gasteiger partial charge is 0.269 e. The molecule has 0 atom stereocenters. The van der Waals surface area contributed by atoms with E-state index in [0.717, 1.165) is 17.3 Å². The van der Waals surface area contributed by atoms with E-state index in [0.29, 0.717) is 10.1 Å². The van der Waals surface area contributed by atoms with Crippen LogP contribution in [0.25, 0.3) is 6.08 Å². The second-order valence-corrected chi connectivity index (χ2v) is 5.36. The number of non-ortho nitro benzene ring substituents is 1. The van der Waals surface area contributed by atoms with Gasteiger partial charge in [-0.3, -0.25) is 14.9 Å². The van der Waals surface area contributed by atoms with Gasteiger partial charge >= 0.3 is 0 Å². The molecular weight excluding hydrogens is 272 g/mol. The van der Waals surface area contributed by atoms with Gasteiger partial charge in [-0.25, -0.2) is 4.99 Å². The lowest BCUT2D eigenvalue weighted by Gasteiger charge is -1.94. The Labute approximate surface area is 112 Å². The third-order valence-electron chi connectivity index (χ3n) is 2.18. The van der Waals surface area contributed by atoms with Gasteiger partial charge in [-0.2, -0.15) is 0 Å². The summed E-state index contributed by atoms with van der Waals surface area (Å²) in [6, 6.07) is 5.99. The Balaban J connectivity index is 2.25. The molecule has 0 N–H and O–H groups in total. The number of nitro groups is 1. The highest BCUT2D eigenvalue weighted by atomic mass is 32.2. The summed E-state index contributed by atoms with van der Waals surface area (Å²) in [4.78, 5) is 25.8. The van der Waals surface area contributed by atoms with Gasteiger partial charge in [-0.05, 0) is 41.8 Å². The predicted octanol–water partition coefficient (Wildman–Crippen LogP) is 2.93. The number of carbonyl (C=O) groups is 1. The van der Waals surface area contributed by atoms with Gasteiger partial charge in [0.25, 0.3) is 5.69 Å². The lowest BCUT2D eigenvalue weighted by atomic mass is 10.2. The maximum atomic E-state index is 11.6. The van der Waals surface area contributed by atoms with Gasteiger partial charge < -0.3 is 0 Å². The molecular formula is C11H8N2O3S2. The summed E-state index contributed by atoms with van der Waals surface area (Å²) in [6.07, 6.45) is 3.48. The minimum absolute atomic E-state index is 0.0255. The van der Waals surface area contributed by atoms with Crippen LogP contribution in [0, 0.1) is 10.1 Å². The van der Waals surface area contributed by atoms with Crippen molar-refractivity contribution in [3.8, 4) is 0 Å². The van der Waals surface area contributed by atoms with Gasteiger partial charge in [0.05, 0.1) is 4.92 Å². The van der Waals surface area contributed by atoms with Gasteiger partial charge in [0, 0.05) is 12.1 Å². The Morgan fingerprint density at radius 3 is 2.56 bits per heavy atom. The van der Waals surface area contributed by atoms with Gasteiger partial charge in [0.15, 0.2) is 0 Å². The summed E-state index contributed by atoms with van der Waals surface area (Å²) in [5, 5.41) is 10.4. The average molecular weight is 280 g/mol. The molecule has 1 aromatic carbocycles. The Morgan fingerprint density at radius 1 is 1.39 bits per heavy atom. The Morgan fingerprint density at radius 2 is 2.06 bits per heavy atom. The number of carbonyl (C=O) groups excluding carboxylic acids is 1. The van der Waals surface area contributed by atoms with Crippen LogP contribution in [0.3, 0.4) is 0 Å². The van der Waals surface area contributed by atoms with E-state index in [1.807, 2.05) is 6.26 Å². The molecule has 0 bridgehead atoms. The lowest BCUT2D eigenvalue weighted by molar-refractivity contribution is -0.384. The maximum absolute atomic E-state index is 11.6. The van der Waals surface area contributed by atoms with Crippen molar-refractivity contribution in [3.05, 3.63) is 45.6 Å². The van der Waals surface area contributed by atoms with E-state index in [2.05, 4.69) is 4.99 Å². The quantitative estimate of drug-likeness (QED) is 0.473.